The number of ether oxygens (including phenoxy) is 3. The predicted molar refractivity (Wildman–Crippen MR) is 122 cm³/mol. The third-order valence-corrected chi connectivity index (χ3v) is 10.9. The molecule has 9 atom stereocenters. The molecule has 4 heteroatoms. The van der Waals surface area contributed by atoms with E-state index in [0.717, 1.165) is 43.4 Å². The van der Waals surface area contributed by atoms with Gasteiger partial charge in [0.25, 0.3) is 0 Å². The van der Waals surface area contributed by atoms with E-state index in [1.807, 2.05) is 0 Å². The molecule has 0 N–H and O–H groups in total. The van der Waals surface area contributed by atoms with Crippen LogP contribution in [0.3, 0.4) is 0 Å². The lowest BCUT2D eigenvalue weighted by molar-refractivity contribution is -0.200. The lowest BCUT2D eigenvalue weighted by Crippen LogP contribution is -2.59. The Morgan fingerprint density at radius 1 is 1.03 bits per heavy atom. The number of rotatable bonds is 6. The molecule has 4 nitrogen and oxygen atoms in total. The van der Waals surface area contributed by atoms with Crippen LogP contribution in [0, 0.1) is 40.4 Å². The summed E-state index contributed by atoms with van der Waals surface area (Å²) < 4.78 is 17.5. The van der Waals surface area contributed by atoms with Gasteiger partial charge in [-0.05, 0) is 92.8 Å². The summed E-state index contributed by atoms with van der Waals surface area (Å²) in [5.74, 6) is 3.64. The molecular weight excluding hydrogens is 388 g/mol. The van der Waals surface area contributed by atoms with Gasteiger partial charge >= 0.3 is 5.97 Å². The molecular formula is C27H46O4. The summed E-state index contributed by atoms with van der Waals surface area (Å²) >= 11 is 0. The fourth-order valence-electron chi connectivity index (χ4n) is 9.37. The average Bonchev–Trinajstić information content (AvgIpc) is 2.99. The van der Waals surface area contributed by atoms with E-state index >= 15 is 0 Å². The molecule has 0 aliphatic heterocycles. The molecule has 0 bridgehead atoms. The normalized spacial score (nSPS) is 49.1. The summed E-state index contributed by atoms with van der Waals surface area (Å²) in [5, 5.41) is 0. The Balaban J connectivity index is 1.58. The highest BCUT2D eigenvalue weighted by Crippen LogP contribution is 2.70. The zero-order chi connectivity index (χ0) is 22.4. The van der Waals surface area contributed by atoms with Crippen LogP contribution in [0.1, 0.15) is 98.8 Å². The van der Waals surface area contributed by atoms with Gasteiger partial charge in [-0.25, -0.2) is 0 Å². The molecule has 4 aliphatic rings. The first kappa shape index (κ1) is 23.5. The molecule has 0 aromatic rings. The van der Waals surface area contributed by atoms with Gasteiger partial charge in [0.05, 0.1) is 6.10 Å². The van der Waals surface area contributed by atoms with Crippen molar-refractivity contribution in [3.05, 3.63) is 0 Å². The first-order chi connectivity index (χ1) is 14.7. The standard InChI is InChI=1S/C27H46O4/c1-7-12-27(31-19(3)28)14-11-23-22-9-8-20-16-21(30-17-29-6)15-18(2)26(20,5)24(22)10-13-25(23,27)4/h18,20-24H,7-17H2,1-6H3/t18-,20-,21-,22-,23-,24-,25-,26-,27-/m0/s1. The van der Waals surface area contributed by atoms with Crippen LogP contribution >= 0.6 is 0 Å². The van der Waals surface area contributed by atoms with Crippen molar-refractivity contribution < 1.29 is 19.0 Å². The zero-order valence-electron chi connectivity index (χ0n) is 20.9. The molecule has 0 saturated heterocycles. The lowest BCUT2D eigenvalue weighted by atomic mass is 9.42. The third-order valence-electron chi connectivity index (χ3n) is 10.9. The number of hydrogen-bond acceptors (Lipinski definition) is 4. The molecule has 0 aromatic carbocycles. The van der Waals surface area contributed by atoms with Crippen LogP contribution < -0.4 is 0 Å². The Bertz CT molecular complexity index is 664. The van der Waals surface area contributed by atoms with E-state index in [4.69, 9.17) is 14.2 Å². The minimum Gasteiger partial charge on any atom is -0.459 e. The zero-order valence-corrected chi connectivity index (χ0v) is 20.9. The van der Waals surface area contributed by atoms with Crippen molar-refractivity contribution in [2.45, 2.75) is 111 Å². The van der Waals surface area contributed by atoms with Crippen LogP contribution in [0.25, 0.3) is 0 Å². The molecule has 4 rings (SSSR count). The van der Waals surface area contributed by atoms with Crippen molar-refractivity contribution in [1.29, 1.82) is 0 Å². The highest BCUT2D eigenvalue weighted by atomic mass is 16.7. The molecule has 0 heterocycles. The van der Waals surface area contributed by atoms with Gasteiger partial charge in [-0.1, -0.05) is 34.1 Å². The van der Waals surface area contributed by atoms with Crippen LogP contribution in [0.15, 0.2) is 0 Å². The second-order valence-electron chi connectivity index (χ2n) is 11.9. The fourth-order valence-corrected chi connectivity index (χ4v) is 9.37. The maximum atomic E-state index is 12.1. The first-order valence-corrected chi connectivity index (χ1v) is 13.0. The SMILES string of the molecule is CCC[C@]1(OC(C)=O)CC[C@H]2[C@@H]3CC[C@H]4C[C@@H](OCOC)C[C@H](C)[C@]4(C)[C@H]3CC[C@@]21C. The number of carbonyl (C=O) groups excluding carboxylic acids is 1. The van der Waals surface area contributed by atoms with Crippen LogP contribution in [0.4, 0.5) is 0 Å². The number of methoxy groups -OCH3 is 1. The molecule has 31 heavy (non-hydrogen) atoms. The van der Waals surface area contributed by atoms with Crippen molar-refractivity contribution in [3.63, 3.8) is 0 Å². The summed E-state index contributed by atoms with van der Waals surface area (Å²) in [5.41, 5.74) is 0.313. The van der Waals surface area contributed by atoms with E-state index in [9.17, 15) is 4.79 Å². The van der Waals surface area contributed by atoms with Crippen LogP contribution in [0.5, 0.6) is 0 Å². The second-order valence-corrected chi connectivity index (χ2v) is 11.9. The maximum Gasteiger partial charge on any atom is 0.303 e. The number of carbonyl (C=O) groups is 1. The molecule has 0 unspecified atom stereocenters. The van der Waals surface area contributed by atoms with Crippen LogP contribution in [-0.4, -0.2) is 31.6 Å². The summed E-state index contributed by atoms with van der Waals surface area (Å²) in [6.07, 6.45) is 12.3. The highest BCUT2D eigenvalue weighted by molar-refractivity contribution is 5.66. The molecule has 0 aromatic heterocycles. The molecule has 4 aliphatic carbocycles. The van der Waals surface area contributed by atoms with Crippen molar-refractivity contribution in [3.8, 4) is 0 Å². The Morgan fingerprint density at radius 3 is 2.45 bits per heavy atom. The molecule has 0 spiro atoms. The van der Waals surface area contributed by atoms with Crippen LogP contribution in [-0.2, 0) is 19.0 Å². The minimum absolute atomic E-state index is 0.0869. The number of fused-ring (bicyclic) bond motifs is 5. The molecule has 4 saturated carbocycles. The predicted octanol–water partition coefficient (Wildman–Crippen LogP) is 6.37. The van der Waals surface area contributed by atoms with E-state index in [1.54, 1.807) is 14.0 Å². The Labute approximate surface area is 190 Å². The van der Waals surface area contributed by atoms with Crippen molar-refractivity contribution in [1.82, 2.24) is 0 Å². The Hall–Kier alpha value is -0.610. The lowest BCUT2D eigenvalue weighted by Gasteiger charge is -2.63. The van der Waals surface area contributed by atoms with E-state index in [2.05, 4.69) is 27.7 Å². The average molecular weight is 435 g/mol. The largest absolute Gasteiger partial charge is 0.459 e. The Kier molecular flexibility index (Phi) is 6.55. The fraction of sp³-hybridized carbons (Fsp3) is 0.963. The monoisotopic (exact) mass is 434 g/mol. The topological polar surface area (TPSA) is 44.8 Å². The van der Waals surface area contributed by atoms with E-state index < -0.39 is 0 Å². The number of esters is 1. The second kappa shape index (κ2) is 8.63. The van der Waals surface area contributed by atoms with Gasteiger partial charge in [-0.3, -0.25) is 4.79 Å². The van der Waals surface area contributed by atoms with Gasteiger partial charge in [-0.2, -0.15) is 0 Å². The summed E-state index contributed by atoms with van der Waals surface area (Å²) in [4.78, 5) is 12.1. The summed E-state index contributed by atoms with van der Waals surface area (Å²) in [6.45, 7) is 11.9. The van der Waals surface area contributed by atoms with Gasteiger partial charge in [0, 0.05) is 19.4 Å². The minimum atomic E-state index is -0.238. The quantitative estimate of drug-likeness (QED) is 0.360. The van der Waals surface area contributed by atoms with Crippen molar-refractivity contribution >= 4 is 5.97 Å². The molecule has 0 radical (unpaired) electrons. The van der Waals surface area contributed by atoms with Crippen molar-refractivity contribution in [2.75, 3.05) is 13.9 Å². The van der Waals surface area contributed by atoms with Gasteiger partial charge in [-0.15, -0.1) is 0 Å². The van der Waals surface area contributed by atoms with E-state index in [0.29, 0.717) is 30.1 Å². The molecule has 0 amide bonds. The Morgan fingerprint density at radius 2 is 1.77 bits per heavy atom. The molecule has 4 fully saturated rings. The van der Waals surface area contributed by atoms with Gasteiger partial charge in [0.15, 0.2) is 0 Å². The highest BCUT2D eigenvalue weighted by Gasteiger charge is 2.66. The summed E-state index contributed by atoms with van der Waals surface area (Å²) in [7, 11) is 1.72. The van der Waals surface area contributed by atoms with Gasteiger partial charge in [0.2, 0.25) is 0 Å². The first-order valence-electron chi connectivity index (χ1n) is 13.0. The third kappa shape index (κ3) is 3.59. The summed E-state index contributed by atoms with van der Waals surface area (Å²) in [6, 6.07) is 0. The van der Waals surface area contributed by atoms with E-state index in [1.165, 1.54) is 38.5 Å². The van der Waals surface area contributed by atoms with Gasteiger partial charge < -0.3 is 14.2 Å². The van der Waals surface area contributed by atoms with Crippen LogP contribution in [0.2, 0.25) is 0 Å². The molecule has 178 valence electrons. The maximum absolute atomic E-state index is 12.1. The number of hydrogen-bond donors (Lipinski definition) is 0. The van der Waals surface area contributed by atoms with E-state index in [-0.39, 0.29) is 17.0 Å². The van der Waals surface area contributed by atoms with Crippen molar-refractivity contribution in [2.24, 2.45) is 40.4 Å². The smallest absolute Gasteiger partial charge is 0.303 e. The van der Waals surface area contributed by atoms with Gasteiger partial charge in [0.1, 0.15) is 12.4 Å².